The number of benzene rings is 2. The highest BCUT2D eigenvalue weighted by Crippen LogP contribution is 2.22. The van der Waals surface area contributed by atoms with E-state index in [2.05, 4.69) is 0 Å². The predicted octanol–water partition coefficient (Wildman–Crippen LogP) is 1.45. The minimum Gasteiger partial charge on any atom is -0.366 e. The van der Waals surface area contributed by atoms with Gasteiger partial charge in [-0.2, -0.15) is 21.6 Å². The smallest absolute Gasteiger partial charge is 0.366 e. The Morgan fingerprint density at radius 2 is 1.60 bits per heavy atom. The lowest BCUT2D eigenvalue weighted by Crippen LogP contribution is -2.24. The maximum Gasteiger partial charge on any atom is 0.522 e. The van der Waals surface area contributed by atoms with Crippen LogP contribution in [0.4, 0.5) is 13.2 Å². The topological polar surface area (TPSA) is 147 Å². The van der Waals surface area contributed by atoms with E-state index < -0.39 is 27.4 Å². The number of primary amides is 1. The highest BCUT2D eigenvalue weighted by atomic mass is 32.2. The van der Waals surface area contributed by atoms with Gasteiger partial charge in [0.25, 0.3) is 5.91 Å². The average Bonchev–Trinajstić information content (AvgIpc) is 2.51. The van der Waals surface area contributed by atoms with Crippen LogP contribution in [0.3, 0.4) is 0 Å². The molecule has 0 aliphatic carbocycles. The summed E-state index contributed by atoms with van der Waals surface area (Å²) in [4.78, 5) is 22.8. The minimum atomic E-state index is -5.84. The summed E-state index contributed by atoms with van der Waals surface area (Å²) < 4.78 is 57.5. The molecule has 0 radical (unpaired) electrons. The van der Waals surface area contributed by atoms with E-state index in [1.54, 1.807) is 24.3 Å². The van der Waals surface area contributed by atoms with Crippen molar-refractivity contribution in [3.05, 3.63) is 47.5 Å². The minimum absolute atomic E-state index is 0.0789. The van der Waals surface area contributed by atoms with E-state index >= 15 is 0 Å². The molecule has 0 heterocycles. The first-order chi connectivity index (χ1) is 11.4. The van der Waals surface area contributed by atoms with Crippen LogP contribution in [0, 0.1) is 0 Å². The molecule has 0 saturated heterocycles. The van der Waals surface area contributed by atoms with Crippen LogP contribution >= 0.6 is 0 Å². The molecule has 0 bridgehead atoms. The van der Waals surface area contributed by atoms with Crippen molar-refractivity contribution in [2.75, 3.05) is 0 Å². The van der Waals surface area contributed by atoms with Gasteiger partial charge < -0.3 is 5.73 Å². The van der Waals surface area contributed by atoms with Crippen molar-refractivity contribution in [2.24, 2.45) is 5.73 Å². The van der Waals surface area contributed by atoms with Crippen LogP contribution in [0.1, 0.15) is 20.7 Å². The van der Waals surface area contributed by atoms with Crippen LogP contribution in [0.5, 0.6) is 0 Å². The molecule has 0 fully saturated rings. The molecule has 0 aliphatic heterocycles. The molecule has 5 N–H and O–H groups in total. The van der Waals surface area contributed by atoms with Gasteiger partial charge in [0.15, 0.2) is 0 Å². The second-order valence-corrected chi connectivity index (χ2v) is 5.85. The quantitative estimate of drug-likeness (QED) is 0.268. The largest absolute Gasteiger partial charge is 0.522 e. The Kier molecular flexibility index (Phi) is 6.07. The Labute approximate surface area is 138 Å². The van der Waals surface area contributed by atoms with E-state index in [0.717, 1.165) is 5.39 Å². The van der Waals surface area contributed by atoms with Crippen LogP contribution in [0.25, 0.3) is 10.8 Å². The first kappa shape index (κ1) is 20.3. The summed E-state index contributed by atoms with van der Waals surface area (Å²) in [6.07, 6.45) is 0. The zero-order chi connectivity index (χ0) is 19.4. The average molecular weight is 380 g/mol. The number of amides is 2. The molecular weight excluding hydrogens is 369 g/mol. The number of carbonyl (C=O) groups is 2. The molecule has 2 amide bonds. The lowest BCUT2D eigenvalue weighted by atomic mass is 9.98. The lowest BCUT2D eigenvalue weighted by molar-refractivity contribution is -0.0510. The fraction of sp³-hybridized carbons (Fsp3) is 0.0769. The molecule has 136 valence electrons. The van der Waals surface area contributed by atoms with E-state index in [-0.39, 0.29) is 11.1 Å². The molecule has 0 aromatic heterocycles. The van der Waals surface area contributed by atoms with Crippen LogP contribution in [0.2, 0.25) is 0 Å². The summed E-state index contributed by atoms with van der Waals surface area (Å²) in [6.45, 7) is 0. The summed E-state index contributed by atoms with van der Waals surface area (Å²) >= 11 is 0. The number of halogens is 3. The molecule has 2 aromatic rings. The fourth-order valence-electron chi connectivity index (χ4n) is 1.78. The van der Waals surface area contributed by atoms with E-state index in [0.29, 0.717) is 5.39 Å². The van der Waals surface area contributed by atoms with E-state index in [1.807, 2.05) is 6.07 Å². The second-order valence-electron chi connectivity index (χ2n) is 4.44. The summed E-state index contributed by atoms with van der Waals surface area (Å²) in [6, 6.07) is 10.2. The maximum atomic E-state index is 11.6. The number of hydrogen-bond donors (Lipinski definition) is 4. The Balaban J connectivity index is 0.000000333. The number of rotatable bonds is 2. The third kappa shape index (κ3) is 4.89. The Bertz CT molecular complexity index is 912. The van der Waals surface area contributed by atoms with Crippen LogP contribution in [0.15, 0.2) is 36.4 Å². The van der Waals surface area contributed by atoms with Gasteiger partial charge >= 0.3 is 15.6 Å². The van der Waals surface area contributed by atoms with E-state index in [4.69, 9.17) is 23.9 Å². The first-order valence-corrected chi connectivity index (χ1v) is 7.64. The zero-order valence-electron chi connectivity index (χ0n) is 12.1. The number of hydrogen-bond acceptors (Lipinski definition) is 5. The van der Waals surface area contributed by atoms with E-state index in [1.165, 1.54) is 11.5 Å². The first-order valence-electron chi connectivity index (χ1n) is 6.20. The van der Waals surface area contributed by atoms with Crippen molar-refractivity contribution in [3.63, 3.8) is 0 Å². The van der Waals surface area contributed by atoms with Gasteiger partial charge in [-0.15, -0.1) is 0 Å². The molecule has 2 rings (SSSR count). The van der Waals surface area contributed by atoms with Gasteiger partial charge in [0.2, 0.25) is 5.91 Å². The summed E-state index contributed by atoms with van der Waals surface area (Å²) in [5, 5.41) is 10.1. The van der Waals surface area contributed by atoms with Crippen LogP contribution in [-0.4, -0.2) is 35.5 Å². The normalized spacial score (nSPS) is 11.4. The van der Waals surface area contributed by atoms with Gasteiger partial charge in [-0.3, -0.25) is 19.3 Å². The Morgan fingerprint density at radius 1 is 1.08 bits per heavy atom. The van der Waals surface area contributed by atoms with Gasteiger partial charge in [0.1, 0.15) is 0 Å². The molecule has 8 nitrogen and oxygen atoms in total. The van der Waals surface area contributed by atoms with Gasteiger partial charge in [-0.1, -0.05) is 30.3 Å². The second kappa shape index (κ2) is 7.46. The molecule has 0 unspecified atom stereocenters. The Hall–Kier alpha value is -2.70. The molecular formula is C13H11F3N2O6S. The molecule has 0 spiro atoms. The monoisotopic (exact) mass is 380 g/mol. The van der Waals surface area contributed by atoms with Crippen molar-refractivity contribution in [2.45, 2.75) is 5.51 Å². The summed E-state index contributed by atoms with van der Waals surface area (Å²) in [5.41, 5.74) is 1.35. The van der Waals surface area contributed by atoms with Crippen LogP contribution in [-0.2, 0) is 10.1 Å². The molecule has 12 heteroatoms. The highest BCUT2D eigenvalue weighted by Gasteiger charge is 2.44. The number of fused-ring (bicyclic) bond motifs is 1. The number of hydroxylamine groups is 1. The SMILES string of the molecule is NC(=O)c1ccc2ccccc2c1C(=O)NO.O=S(=O)(O)C(F)(F)F. The maximum absolute atomic E-state index is 11.6. The number of nitrogens with one attached hydrogen (secondary N) is 1. The number of nitrogens with two attached hydrogens (primary N) is 1. The lowest BCUT2D eigenvalue weighted by Gasteiger charge is -2.08. The van der Waals surface area contributed by atoms with Crippen molar-refractivity contribution in [3.8, 4) is 0 Å². The summed E-state index contributed by atoms with van der Waals surface area (Å²) in [7, 11) is -5.84. The van der Waals surface area contributed by atoms with Crippen molar-refractivity contribution < 1.29 is 40.9 Å². The van der Waals surface area contributed by atoms with Crippen molar-refractivity contribution in [1.82, 2.24) is 5.48 Å². The van der Waals surface area contributed by atoms with Crippen molar-refractivity contribution in [1.29, 1.82) is 0 Å². The standard InChI is InChI=1S/C12H10N2O3.CHF3O3S/c13-11(15)9-6-5-7-3-1-2-4-8(7)10(9)12(16)14-17;2-1(3,4)8(5,6)7/h1-6,17H,(H2,13,15)(H,14,16);(H,5,6,7). The third-order valence-corrected chi connectivity index (χ3v) is 3.40. The molecule has 0 atom stereocenters. The number of carbonyl (C=O) groups excluding carboxylic acids is 2. The van der Waals surface area contributed by atoms with Gasteiger partial charge in [0.05, 0.1) is 11.1 Å². The van der Waals surface area contributed by atoms with Crippen LogP contribution < -0.4 is 11.2 Å². The third-order valence-electron chi connectivity index (χ3n) is 2.82. The zero-order valence-corrected chi connectivity index (χ0v) is 12.9. The van der Waals surface area contributed by atoms with Crippen molar-refractivity contribution >= 4 is 32.7 Å². The predicted molar refractivity (Wildman–Crippen MR) is 79.3 cm³/mol. The Morgan fingerprint density at radius 3 is 2.04 bits per heavy atom. The molecule has 25 heavy (non-hydrogen) atoms. The molecule has 0 aliphatic rings. The summed E-state index contributed by atoms with van der Waals surface area (Å²) in [5.74, 6) is -1.47. The molecule has 2 aromatic carbocycles. The van der Waals surface area contributed by atoms with Gasteiger partial charge in [0, 0.05) is 0 Å². The fourth-order valence-corrected chi connectivity index (χ4v) is 1.78. The highest BCUT2D eigenvalue weighted by molar-refractivity contribution is 7.86. The molecule has 0 saturated carbocycles. The number of alkyl halides is 3. The van der Waals surface area contributed by atoms with E-state index in [9.17, 15) is 22.8 Å². The van der Waals surface area contributed by atoms with Gasteiger partial charge in [-0.05, 0) is 16.8 Å². The van der Waals surface area contributed by atoms with Gasteiger partial charge in [-0.25, -0.2) is 5.48 Å².